The minimum Gasteiger partial charge on any atom is -0.310 e. The van der Waals surface area contributed by atoms with Gasteiger partial charge in [0.15, 0.2) is 0 Å². The summed E-state index contributed by atoms with van der Waals surface area (Å²) in [5.74, 6) is 0. The summed E-state index contributed by atoms with van der Waals surface area (Å²) < 4.78 is 2.53. The van der Waals surface area contributed by atoms with Crippen LogP contribution >= 0.6 is 0 Å². The van der Waals surface area contributed by atoms with E-state index in [-0.39, 0.29) is 0 Å². The topological polar surface area (TPSA) is 10.9 Å². The maximum atomic E-state index is 2.53. The van der Waals surface area contributed by atoms with Crippen LogP contribution in [0.3, 0.4) is 0 Å². The van der Waals surface area contributed by atoms with Crippen molar-refractivity contribution in [2.75, 3.05) is 9.80 Å². The molecule has 10 aromatic carbocycles. The van der Waals surface area contributed by atoms with Crippen LogP contribution < -0.4 is 9.80 Å². The van der Waals surface area contributed by atoms with Crippen LogP contribution in [0.5, 0.6) is 0 Å². The lowest BCUT2D eigenvalue weighted by molar-refractivity contribution is 1.28. The van der Waals surface area contributed by atoms with E-state index in [1.54, 1.807) is 0 Å². The Balaban J connectivity index is 1.11. The fourth-order valence-corrected chi connectivity index (χ4v) is 9.52. The van der Waals surface area contributed by atoms with E-state index in [1.807, 2.05) is 0 Å². The molecule has 288 valence electrons. The molecule has 12 aromatic rings. The number of hydrogen-bond donors (Lipinski definition) is 0. The zero-order chi connectivity index (χ0) is 40.6. The Labute approximate surface area is 354 Å². The van der Waals surface area contributed by atoms with Crippen LogP contribution in [0.2, 0.25) is 0 Å². The largest absolute Gasteiger partial charge is 0.310 e. The number of hydrogen-bond acceptors (Lipinski definition) is 2. The van der Waals surface area contributed by atoms with Gasteiger partial charge in [0.1, 0.15) is 0 Å². The Bertz CT molecular complexity index is 3360. The van der Waals surface area contributed by atoms with Gasteiger partial charge in [-0.25, -0.2) is 0 Å². The van der Waals surface area contributed by atoms with Gasteiger partial charge in [-0.15, -0.1) is 0 Å². The molecule has 3 heteroatoms. The molecule has 0 aliphatic rings. The molecule has 0 radical (unpaired) electrons. The van der Waals surface area contributed by atoms with Crippen molar-refractivity contribution in [3.05, 3.63) is 223 Å². The van der Waals surface area contributed by atoms with Crippen LogP contribution in [0.1, 0.15) is 11.1 Å². The highest BCUT2D eigenvalue weighted by Crippen LogP contribution is 2.45. The summed E-state index contributed by atoms with van der Waals surface area (Å²) in [6.07, 6.45) is 0. The van der Waals surface area contributed by atoms with E-state index in [0.29, 0.717) is 0 Å². The van der Waals surface area contributed by atoms with E-state index in [4.69, 9.17) is 0 Å². The zero-order valence-corrected chi connectivity index (χ0v) is 34.0. The summed E-state index contributed by atoms with van der Waals surface area (Å²) in [6, 6.07) is 78.1. The molecule has 0 amide bonds. The van der Waals surface area contributed by atoms with Gasteiger partial charge in [0, 0.05) is 55.7 Å². The lowest BCUT2D eigenvalue weighted by Crippen LogP contribution is -2.09. The first-order valence-electron chi connectivity index (χ1n) is 21.1. The Kier molecular flexibility index (Phi) is 7.98. The number of nitrogens with zero attached hydrogens (tertiary/aromatic N) is 3. The van der Waals surface area contributed by atoms with Gasteiger partial charge >= 0.3 is 0 Å². The highest BCUT2D eigenvalue weighted by molar-refractivity contribution is 6.27. The standard InChI is InChI=1S/C58H41N3/c1-38-18-24-48(25-19-38)59(46-14-8-4-9-15-46)50-28-22-41-32-52-54-34-45(40-12-6-3-7-13-40)35-55-53-33-42-23-29-51(60(47-16-10-5-11-17-47)49-26-20-39(2)21-27-49)31-44(42)37-57(53)61(58(54)55)56(52)36-43(41)30-50/h3-37H,1-2H3. The summed E-state index contributed by atoms with van der Waals surface area (Å²) in [7, 11) is 0. The van der Waals surface area contributed by atoms with Gasteiger partial charge in [0.25, 0.3) is 0 Å². The van der Waals surface area contributed by atoms with Crippen molar-refractivity contribution >= 4 is 93.8 Å². The number of rotatable bonds is 7. The summed E-state index contributed by atoms with van der Waals surface area (Å²) in [6.45, 7) is 4.28. The highest BCUT2D eigenvalue weighted by Gasteiger charge is 2.22. The second-order valence-corrected chi connectivity index (χ2v) is 16.4. The quantitative estimate of drug-likeness (QED) is 0.160. The van der Waals surface area contributed by atoms with Crippen LogP contribution in [0.15, 0.2) is 212 Å². The van der Waals surface area contributed by atoms with E-state index < -0.39 is 0 Å². The van der Waals surface area contributed by atoms with E-state index in [2.05, 4.69) is 240 Å². The first kappa shape index (κ1) is 35.1. The molecular weight excluding hydrogens is 739 g/mol. The molecule has 2 heterocycles. The van der Waals surface area contributed by atoms with Crippen molar-refractivity contribution in [1.29, 1.82) is 0 Å². The number of anilines is 6. The van der Waals surface area contributed by atoms with Crippen molar-refractivity contribution in [1.82, 2.24) is 4.40 Å². The molecule has 0 spiro atoms. The normalized spacial score (nSPS) is 11.8. The molecule has 0 N–H and O–H groups in total. The van der Waals surface area contributed by atoms with E-state index in [9.17, 15) is 0 Å². The number of aromatic nitrogens is 1. The Morgan fingerprint density at radius 3 is 1.13 bits per heavy atom. The first-order valence-corrected chi connectivity index (χ1v) is 21.1. The van der Waals surface area contributed by atoms with Gasteiger partial charge in [-0.2, -0.15) is 0 Å². The molecular formula is C58H41N3. The molecule has 0 saturated heterocycles. The Morgan fingerprint density at radius 2 is 0.689 bits per heavy atom. The molecule has 0 bridgehead atoms. The lowest BCUT2D eigenvalue weighted by atomic mass is 9.97. The van der Waals surface area contributed by atoms with Crippen molar-refractivity contribution in [2.24, 2.45) is 0 Å². The molecule has 0 aliphatic carbocycles. The fraction of sp³-hybridized carbons (Fsp3) is 0.0345. The third-order valence-corrected chi connectivity index (χ3v) is 12.5. The summed E-state index contributed by atoms with van der Waals surface area (Å²) in [5.41, 5.74) is 15.4. The first-order chi connectivity index (χ1) is 30.0. The van der Waals surface area contributed by atoms with Crippen LogP contribution in [-0.2, 0) is 0 Å². The minimum atomic E-state index is 1.13. The van der Waals surface area contributed by atoms with E-state index in [0.717, 1.165) is 34.1 Å². The van der Waals surface area contributed by atoms with Crippen LogP contribution in [0, 0.1) is 13.8 Å². The van der Waals surface area contributed by atoms with Gasteiger partial charge in [-0.1, -0.05) is 114 Å². The second kappa shape index (κ2) is 13.9. The van der Waals surface area contributed by atoms with Gasteiger partial charge in [0.2, 0.25) is 0 Å². The van der Waals surface area contributed by atoms with E-state index >= 15 is 0 Å². The monoisotopic (exact) mass is 779 g/mol. The average Bonchev–Trinajstić information content (AvgIpc) is 3.80. The average molecular weight is 780 g/mol. The van der Waals surface area contributed by atoms with Crippen molar-refractivity contribution in [2.45, 2.75) is 13.8 Å². The number of para-hydroxylation sites is 2. The maximum absolute atomic E-state index is 2.53. The number of aryl methyl sites for hydroxylation is 2. The molecule has 12 rings (SSSR count). The second-order valence-electron chi connectivity index (χ2n) is 16.4. The summed E-state index contributed by atoms with van der Waals surface area (Å²) >= 11 is 0. The van der Waals surface area contributed by atoms with Crippen molar-refractivity contribution in [3.8, 4) is 11.1 Å². The predicted octanol–water partition coefficient (Wildman–Crippen LogP) is 16.4. The number of benzene rings is 10. The molecule has 0 unspecified atom stereocenters. The van der Waals surface area contributed by atoms with Gasteiger partial charge in [0.05, 0.1) is 16.6 Å². The Morgan fingerprint density at radius 1 is 0.295 bits per heavy atom. The third-order valence-electron chi connectivity index (χ3n) is 12.5. The van der Waals surface area contributed by atoms with Crippen LogP contribution in [0.4, 0.5) is 34.1 Å². The SMILES string of the molecule is Cc1ccc(N(c2ccccc2)c2ccc3cc4c5cc(-c6ccccc6)cc6c7cc8ccc(N(c9ccccc9)c9ccc(C)cc9)cc8cc7n(c4cc3c2)c56)cc1. The number of fused-ring (bicyclic) bond motifs is 8. The highest BCUT2D eigenvalue weighted by atomic mass is 15.1. The molecule has 0 fully saturated rings. The van der Waals surface area contributed by atoms with Crippen LogP contribution in [0.25, 0.3) is 70.8 Å². The van der Waals surface area contributed by atoms with E-state index in [1.165, 1.54) is 81.9 Å². The molecule has 0 aliphatic heterocycles. The van der Waals surface area contributed by atoms with Crippen molar-refractivity contribution < 1.29 is 0 Å². The summed E-state index contributed by atoms with van der Waals surface area (Å²) in [4.78, 5) is 4.71. The predicted molar refractivity (Wildman–Crippen MR) is 260 cm³/mol. The zero-order valence-electron chi connectivity index (χ0n) is 34.0. The smallest absolute Gasteiger partial charge is 0.0620 e. The Hall–Kier alpha value is -7.88. The van der Waals surface area contributed by atoms with Gasteiger partial charge in [-0.05, 0) is 156 Å². The molecule has 61 heavy (non-hydrogen) atoms. The minimum absolute atomic E-state index is 1.13. The molecule has 0 atom stereocenters. The van der Waals surface area contributed by atoms with Crippen molar-refractivity contribution in [3.63, 3.8) is 0 Å². The maximum Gasteiger partial charge on any atom is 0.0620 e. The molecule has 2 aromatic heterocycles. The van der Waals surface area contributed by atoms with Gasteiger partial charge < -0.3 is 14.2 Å². The lowest BCUT2D eigenvalue weighted by Gasteiger charge is -2.26. The van der Waals surface area contributed by atoms with Gasteiger partial charge in [-0.3, -0.25) is 0 Å². The van der Waals surface area contributed by atoms with Crippen LogP contribution in [-0.4, -0.2) is 4.40 Å². The fourth-order valence-electron chi connectivity index (χ4n) is 9.52. The molecule has 0 saturated carbocycles. The summed E-state index contributed by atoms with van der Waals surface area (Å²) in [5, 5.41) is 9.94. The molecule has 3 nitrogen and oxygen atoms in total. The third kappa shape index (κ3) is 5.81.